The maximum atomic E-state index is 11.9. The van der Waals surface area contributed by atoms with Gasteiger partial charge < -0.3 is 10.1 Å². The summed E-state index contributed by atoms with van der Waals surface area (Å²) in [5, 5.41) is 2.82. The summed E-state index contributed by atoms with van der Waals surface area (Å²) < 4.78 is 5.49. The lowest BCUT2D eigenvalue weighted by Gasteiger charge is -2.15. The minimum atomic E-state index is -0.545. The first-order valence-corrected chi connectivity index (χ1v) is 8.35. The predicted molar refractivity (Wildman–Crippen MR) is 92.1 cm³/mol. The van der Waals surface area contributed by atoms with Crippen molar-refractivity contribution >= 4 is 34.8 Å². The molecule has 1 N–H and O–H groups in total. The van der Waals surface area contributed by atoms with Crippen LogP contribution < -0.4 is 5.32 Å². The number of nitrogens with one attached hydrogen (secondary N) is 1. The number of halogens is 1. The van der Waals surface area contributed by atoms with Gasteiger partial charge in [-0.25, -0.2) is 4.79 Å². The molecule has 0 aliphatic carbocycles. The van der Waals surface area contributed by atoms with Crippen molar-refractivity contribution in [1.29, 1.82) is 0 Å². The number of aryl methyl sites for hydroxylation is 2. The monoisotopic (exact) mass is 351 g/mol. The Morgan fingerprint density at radius 3 is 2.57 bits per heavy atom. The highest BCUT2D eigenvalue weighted by Crippen LogP contribution is 2.22. The van der Waals surface area contributed by atoms with Crippen LogP contribution >= 0.6 is 22.9 Å². The van der Waals surface area contributed by atoms with Gasteiger partial charge in [0, 0.05) is 0 Å². The Balaban J connectivity index is 1.86. The number of esters is 1. The van der Waals surface area contributed by atoms with Crippen LogP contribution in [0, 0.1) is 13.8 Å². The average Bonchev–Trinajstić information content (AvgIpc) is 2.94. The number of rotatable bonds is 5. The first-order valence-electron chi connectivity index (χ1n) is 7.16. The van der Waals surface area contributed by atoms with Crippen LogP contribution in [0.3, 0.4) is 0 Å². The largest absolute Gasteiger partial charge is 0.451 e. The first-order chi connectivity index (χ1) is 10.9. The second-order valence-electron chi connectivity index (χ2n) is 5.31. The Labute approximate surface area is 144 Å². The van der Waals surface area contributed by atoms with Crippen molar-refractivity contribution in [2.45, 2.75) is 26.8 Å². The van der Waals surface area contributed by atoms with Gasteiger partial charge in [-0.3, -0.25) is 4.79 Å². The topological polar surface area (TPSA) is 55.4 Å². The summed E-state index contributed by atoms with van der Waals surface area (Å²) in [7, 11) is 0. The van der Waals surface area contributed by atoms with E-state index in [0.29, 0.717) is 9.21 Å². The maximum Gasteiger partial charge on any atom is 0.348 e. The van der Waals surface area contributed by atoms with Crippen LogP contribution in [0.15, 0.2) is 30.3 Å². The number of ether oxygens (including phenoxy) is 1. The van der Waals surface area contributed by atoms with E-state index in [1.807, 2.05) is 39.0 Å². The van der Waals surface area contributed by atoms with E-state index in [1.165, 1.54) is 11.1 Å². The summed E-state index contributed by atoms with van der Waals surface area (Å²) in [6, 6.07) is 9.08. The molecule has 0 unspecified atom stereocenters. The van der Waals surface area contributed by atoms with E-state index in [4.69, 9.17) is 16.3 Å². The third-order valence-electron chi connectivity index (χ3n) is 3.52. The zero-order chi connectivity index (χ0) is 17.0. The molecule has 1 atom stereocenters. The smallest absolute Gasteiger partial charge is 0.348 e. The highest BCUT2D eigenvalue weighted by molar-refractivity contribution is 7.17. The summed E-state index contributed by atoms with van der Waals surface area (Å²) in [4.78, 5) is 24.0. The van der Waals surface area contributed by atoms with E-state index in [0.717, 1.165) is 16.9 Å². The van der Waals surface area contributed by atoms with Gasteiger partial charge in [0.25, 0.3) is 5.91 Å². The van der Waals surface area contributed by atoms with Gasteiger partial charge in [-0.15, -0.1) is 11.3 Å². The molecule has 2 rings (SSSR count). The summed E-state index contributed by atoms with van der Waals surface area (Å²) in [6.07, 6.45) is 0. The van der Waals surface area contributed by atoms with Crippen molar-refractivity contribution < 1.29 is 14.3 Å². The minimum Gasteiger partial charge on any atom is -0.451 e. The fraction of sp³-hybridized carbons (Fsp3) is 0.294. The van der Waals surface area contributed by atoms with Gasteiger partial charge in [-0.1, -0.05) is 29.8 Å². The van der Waals surface area contributed by atoms with Crippen LogP contribution in [0.4, 0.5) is 0 Å². The molecule has 0 fully saturated rings. The van der Waals surface area contributed by atoms with Gasteiger partial charge in [0.15, 0.2) is 6.61 Å². The zero-order valence-corrected chi connectivity index (χ0v) is 14.8. The van der Waals surface area contributed by atoms with E-state index < -0.39 is 5.97 Å². The van der Waals surface area contributed by atoms with E-state index >= 15 is 0 Å². The molecular formula is C17H18ClNO3S. The lowest BCUT2D eigenvalue weighted by Crippen LogP contribution is -2.31. The molecule has 6 heteroatoms. The van der Waals surface area contributed by atoms with Crippen molar-refractivity contribution in [2.75, 3.05) is 6.61 Å². The quantitative estimate of drug-likeness (QED) is 0.827. The van der Waals surface area contributed by atoms with E-state index in [-0.39, 0.29) is 18.6 Å². The van der Waals surface area contributed by atoms with Gasteiger partial charge in [-0.2, -0.15) is 0 Å². The van der Waals surface area contributed by atoms with Crippen molar-refractivity contribution in [3.8, 4) is 0 Å². The minimum absolute atomic E-state index is 0.156. The Bertz CT molecular complexity index is 726. The number of carbonyl (C=O) groups excluding carboxylic acids is 2. The summed E-state index contributed by atoms with van der Waals surface area (Å²) >= 11 is 6.88. The molecular weight excluding hydrogens is 334 g/mol. The van der Waals surface area contributed by atoms with Crippen LogP contribution in [0.5, 0.6) is 0 Å². The number of amides is 1. The van der Waals surface area contributed by atoms with Crippen LogP contribution in [0.1, 0.15) is 39.3 Å². The van der Waals surface area contributed by atoms with Crippen LogP contribution in [0.2, 0.25) is 4.34 Å². The third-order valence-corrected chi connectivity index (χ3v) is 4.73. The van der Waals surface area contributed by atoms with Gasteiger partial charge in [0.05, 0.1) is 10.4 Å². The number of hydrogen-bond donors (Lipinski definition) is 1. The standard InChI is InChI=1S/C17H18ClNO3S/c1-10-4-5-13(8-11(10)2)12(3)19-16(20)9-22-17(21)14-6-7-15(18)23-14/h4-8,12H,9H2,1-3H3,(H,19,20)/t12-/m1/s1. The molecule has 0 aliphatic heterocycles. The number of carbonyl (C=O) groups is 2. The third kappa shape index (κ3) is 4.81. The molecule has 1 aromatic carbocycles. The van der Waals surface area contributed by atoms with Crippen molar-refractivity contribution in [2.24, 2.45) is 0 Å². The molecule has 122 valence electrons. The highest BCUT2D eigenvalue weighted by atomic mass is 35.5. The molecule has 0 aliphatic rings. The van der Waals surface area contributed by atoms with Crippen molar-refractivity contribution in [3.63, 3.8) is 0 Å². The molecule has 1 heterocycles. The Hall–Kier alpha value is -1.85. The molecule has 2 aromatic rings. The predicted octanol–water partition coefficient (Wildman–Crippen LogP) is 4.05. The van der Waals surface area contributed by atoms with Gasteiger partial charge >= 0.3 is 5.97 Å². The highest BCUT2D eigenvalue weighted by Gasteiger charge is 2.14. The van der Waals surface area contributed by atoms with Gasteiger partial charge in [0.2, 0.25) is 0 Å². The van der Waals surface area contributed by atoms with Crippen LogP contribution in [-0.2, 0) is 9.53 Å². The Morgan fingerprint density at radius 1 is 1.22 bits per heavy atom. The number of thiophene rings is 1. The fourth-order valence-electron chi connectivity index (χ4n) is 2.03. The van der Waals surface area contributed by atoms with Crippen LogP contribution in [0.25, 0.3) is 0 Å². The van der Waals surface area contributed by atoms with Crippen molar-refractivity contribution in [3.05, 3.63) is 56.2 Å². The second kappa shape index (κ2) is 7.62. The molecule has 0 bridgehead atoms. The molecule has 1 aromatic heterocycles. The Morgan fingerprint density at radius 2 is 1.96 bits per heavy atom. The molecule has 0 spiro atoms. The molecule has 0 saturated carbocycles. The molecule has 0 saturated heterocycles. The number of hydrogen-bond acceptors (Lipinski definition) is 4. The normalized spacial score (nSPS) is 11.8. The van der Waals surface area contributed by atoms with Crippen molar-refractivity contribution in [1.82, 2.24) is 5.32 Å². The lowest BCUT2D eigenvalue weighted by atomic mass is 10.0. The fourth-order valence-corrected chi connectivity index (χ4v) is 2.96. The lowest BCUT2D eigenvalue weighted by molar-refractivity contribution is -0.124. The van der Waals surface area contributed by atoms with E-state index in [2.05, 4.69) is 5.32 Å². The van der Waals surface area contributed by atoms with Gasteiger partial charge in [0.1, 0.15) is 4.88 Å². The molecule has 23 heavy (non-hydrogen) atoms. The molecule has 1 amide bonds. The summed E-state index contributed by atoms with van der Waals surface area (Å²) in [5.74, 6) is -0.886. The van der Waals surface area contributed by atoms with Crippen LogP contribution in [-0.4, -0.2) is 18.5 Å². The first kappa shape index (κ1) is 17.5. The summed E-state index contributed by atoms with van der Waals surface area (Å²) in [5.41, 5.74) is 3.39. The zero-order valence-electron chi connectivity index (χ0n) is 13.2. The Kier molecular flexibility index (Phi) is 5.80. The summed E-state index contributed by atoms with van der Waals surface area (Å²) in [6.45, 7) is 5.65. The SMILES string of the molecule is Cc1ccc([C@@H](C)NC(=O)COC(=O)c2ccc(Cl)s2)cc1C. The molecule has 0 radical (unpaired) electrons. The van der Waals surface area contributed by atoms with E-state index in [9.17, 15) is 9.59 Å². The molecule has 4 nitrogen and oxygen atoms in total. The number of benzene rings is 1. The second-order valence-corrected chi connectivity index (χ2v) is 7.03. The van der Waals surface area contributed by atoms with Gasteiger partial charge in [-0.05, 0) is 49.6 Å². The van der Waals surface area contributed by atoms with E-state index in [1.54, 1.807) is 12.1 Å². The maximum absolute atomic E-state index is 11.9. The average molecular weight is 352 g/mol.